The van der Waals surface area contributed by atoms with Gasteiger partial charge in [-0.05, 0) is 24.3 Å². The minimum absolute atomic E-state index is 0.00116. The number of esters is 1. The Morgan fingerprint density at radius 2 is 1.80 bits per heavy atom. The molecule has 0 spiro atoms. The van der Waals surface area contributed by atoms with Crippen molar-refractivity contribution < 1.29 is 18.7 Å². The molecular formula is C22H12N2O4S2. The zero-order valence-corrected chi connectivity index (χ0v) is 16.9. The second kappa shape index (κ2) is 7.30. The van der Waals surface area contributed by atoms with E-state index in [0.29, 0.717) is 15.8 Å². The average molecular weight is 432 g/mol. The minimum Gasteiger partial charge on any atom is -0.451 e. The van der Waals surface area contributed by atoms with Gasteiger partial charge < -0.3 is 14.5 Å². The number of benzene rings is 2. The molecule has 1 N–H and O–H groups in total. The van der Waals surface area contributed by atoms with Crippen molar-refractivity contribution in [3.05, 3.63) is 65.2 Å². The van der Waals surface area contributed by atoms with Crippen LogP contribution in [-0.2, 0) is 9.53 Å². The van der Waals surface area contributed by atoms with Crippen molar-refractivity contribution in [1.29, 1.82) is 5.26 Å². The summed E-state index contributed by atoms with van der Waals surface area (Å²) >= 11 is 2.97. The second-order valence-electron chi connectivity index (χ2n) is 6.44. The van der Waals surface area contributed by atoms with Gasteiger partial charge in [0.05, 0.1) is 4.70 Å². The zero-order valence-electron chi connectivity index (χ0n) is 15.3. The standard InChI is InChI=1S/C22H12N2O4S2/c23-10-15-20(12-5-1-3-7-14(12)28-15)24-19(25)11-27-22(26)18-9-17-21(30-18)13-6-2-4-8-16(13)29-17/h1-9H,11H2,(H,24,25). The van der Waals surface area contributed by atoms with Crippen LogP contribution in [0.2, 0.25) is 0 Å². The predicted molar refractivity (Wildman–Crippen MR) is 117 cm³/mol. The largest absolute Gasteiger partial charge is 0.451 e. The van der Waals surface area contributed by atoms with E-state index in [2.05, 4.69) is 5.32 Å². The molecule has 0 fully saturated rings. The number of ether oxygens (including phenoxy) is 1. The van der Waals surface area contributed by atoms with Crippen molar-refractivity contribution in [2.24, 2.45) is 0 Å². The Morgan fingerprint density at radius 1 is 1.03 bits per heavy atom. The third-order valence-corrected chi connectivity index (χ3v) is 6.94. The first kappa shape index (κ1) is 18.4. The van der Waals surface area contributed by atoms with Crippen molar-refractivity contribution in [2.45, 2.75) is 0 Å². The Labute approximate surface area is 177 Å². The van der Waals surface area contributed by atoms with Crippen LogP contribution in [0.15, 0.2) is 59.0 Å². The maximum absolute atomic E-state index is 12.4. The number of nitrogens with one attached hydrogen (secondary N) is 1. The molecule has 5 aromatic rings. The number of anilines is 1. The van der Waals surface area contributed by atoms with Gasteiger partial charge in [-0.3, -0.25) is 4.79 Å². The first-order valence-electron chi connectivity index (χ1n) is 8.94. The number of amides is 1. The van der Waals surface area contributed by atoms with E-state index in [-0.39, 0.29) is 11.4 Å². The molecule has 1 amide bonds. The lowest BCUT2D eigenvalue weighted by Crippen LogP contribution is -2.20. The van der Waals surface area contributed by atoms with Crippen LogP contribution in [0.25, 0.3) is 30.5 Å². The van der Waals surface area contributed by atoms with Gasteiger partial charge in [0, 0.05) is 20.2 Å². The molecule has 0 saturated heterocycles. The van der Waals surface area contributed by atoms with E-state index in [1.54, 1.807) is 41.7 Å². The lowest BCUT2D eigenvalue weighted by molar-refractivity contribution is -0.119. The molecule has 0 aliphatic heterocycles. The summed E-state index contributed by atoms with van der Waals surface area (Å²) in [6, 6.07) is 18.7. The summed E-state index contributed by atoms with van der Waals surface area (Å²) in [5, 5.41) is 13.6. The third-order valence-electron chi connectivity index (χ3n) is 4.55. The number of hydrogen-bond acceptors (Lipinski definition) is 7. The number of carbonyl (C=O) groups is 2. The Balaban J connectivity index is 1.30. The third kappa shape index (κ3) is 3.10. The normalized spacial score (nSPS) is 11.0. The molecule has 6 nitrogen and oxygen atoms in total. The molecule has 8 heteroatoms. The molecule has 3 heterocycles. The quantitative estimate of drug-likeness (QED) is 0.377. The molecule has 0 radical (unpaired) electrons. The Morgan fingerprint density at radius 3 is 2.63 bits per heavy atom. The van der Waals surface area contributed by atoms with Gasteiger partial charge in [0.2, 0.25) is 5.76 Å². The molecule has 0 unspecified atom stereocenters. The smallest absolute Gasteiger partial charge is 0.348 e. The topological polar surface area (TPSA) is 92.3 Å². The van der Waals surface area contributed by atoms with Crippen LogP contribution in [0.3, 0.4) is 0 Å². The molecule has 5 rings (SSSR count). The van der Waals surface area contributed by atoms with Crippen LogP contribution in [-0.4, -0.2) is 18.5 Å². The average Bonchev–Trinajstić information content (AvgIpc) is 3.43. The Bertz CT molecular complexity index is 1490. The van der Waals surface area contributed by atoms with Crippen molar-refractivity contribution in [3.63, 3.8) is 0 Å². The van der Waals surface area contributed by atoms with E-state index in [1.807, 2.05) is 30.3 Å². The lowest BCUT2D eigenvalue weighted by atomic mass is 10.2. The van der Waals surface area contributed by atoms with E-state index in [0.717, 1.165) is 14.8 Å². The van der Waals surface area contributed by atoms with Gasteiger partial charge in [0.15, 0.2) is 6.61 Å². The summed E-state index contributed by atoms with van der Waals surface area (Å²) in [6.45, 7) is -0.463. The summed E-state index contributed by atoms with van der Waals surface area (Å²) in [6.07, 6.45) is 0. The molecule has 0 saturated carbocycles. The van der Waals surface area contributed by atoms with Gasteiger partial charge in [0.1, 0.15) is 22.2 Å². The highest BCUT2D eigenvalue weighted by molar-refractivity contribution is 7.33. The zero-order chi connectivity index (χ0) is 20.7. The Hall–Kier alpha value is -3.67. The number of thiophene rings is 2. The first-order chi connectivity index (χ1) is 14.6. The van der Waals surface area contributed by atoms with E-state index in [9.17, 15) is 14.9 Å². The number of furan rings is 1. The van der Waals surface area contributed by atoms with Crippen molar-refractivity contribution >= 4 is 70.7 Å². The highest BCUT2D eigenvalue weighted by Gasteiger charge is 2.19. The van der Waals surface area contributed by atoms with E-state index < -0.39 is 18.5 Å². The van der Waals surface area contributed by atoms with Crippen molar-refractivity contribution in [2.75, 3.05) is 11.9 Å². The number of fused-ring (bicyclic) bond motifs is 4. The molecule has 0 atom stereocenters. The second-order valence-corrected chi connectivity index (χ2v) is 8.58. The molecule has 2 aromatic carbocycles. The van der Waals surface area contributed by atoms with Gasteiger partial charge in [-0.15, -0.1) is 22.7 Å². The summed E-state index contributed by atoms with van der Waals surface area (Å²) in [5.41, 5.74) is 0.768. The number of nitrogens with zero attached hydrogens (tertiary/aromatic N) is 1. The van der Waals surface area contributed by atoms with Crippen LogP contribution in [0, 0.1) is 11.3 Å². The Kier molecular flexibility index (Phi) is 4.47. The number of para-hydroxylation sites is 1. The summed E-state index contributed by atoms with van der Waals surface area (Å²) in [5.74, 6) is -1.10. The fourth-order valence-electron chi connectivity index (χ4n) is 3.23. The van der Waals surface area contributed by atoms with E-state index in [4.69, 9.17) is 9.15 Å². The van der Waals surface area contributed by atoms with Gasteiger partial charge in [-0.25, -0.2) is 4.79 Å². The van der Waals surface area contributed by atoms with Crippen LogP contribution in [0.1, 0.15) is 15.4 Å². The van der Waals surface area contributed by atoms with Crippen LogP contribution in [0.5, 0.6) is 0 Å². The number of hydrogen-bond donors (Lipinski definition) is 1. The number of rotatable bonds is 4. The molecule has 3 aromatic heterocycles. The lowest BCUT2D eigenvalue weighted by Gasteiger charge is -2.05. The van der Waals surface area contributed by atoms with Crippen LogP contribution < -0.4 is 5.32 Å². The van der Waals surface area contributed by atoms with Gasteiger partial charge >= 0.3 is 5.97 Å². The summed E-state index contributed by atoms with van der Waals surface area (Å²) in [4.78, 5) is 25.2. The fraction of sp³-hybridized carbons (Fsp3) is 0.0455. The van der Waals surface area contributed by atoms with Crippen LogP contribution in [0.4, 0.5) is 5.69 Å². The molecule has 0 aliphatic rings. The monoisotopic (exact) mass is 432 g/mol. The van der Waals surface area contributed by atoms with E-state index >= 15 is 0 Å². The van der Waals surface area contributed by atoms with Crippen molar-refractivity contribution in [3.8, 4) is 6.07 Å². The highest BCUT2D eigenvalue weighted by atomic mass is 32.1. The van der Waals surface area contributed by atoms with Gasteiger partial charge in [-0.1, -0.05) is 30.3 Å². The number of carbonyl (C=O) groups excluding carboxylic acids is 2. The molecule has 0 bridgehead atoms. The first-order valence-corrected chi connectivity index (χ1v) is 10.6. The fourth-order valence-corrected chi connectivity index (χ4v) is 5.64. The van der Waals surface area contributed by atoms with Crippen molar-refractivity contribution in [1.82, 2.24) is 0 Å². The maximum atomic E-state index is 12.4. The molecular weight excluding hydrogens is 420 g/mol. The number of nitriles is 1. The van der Waals surface area contributed by atoms with Gasteiger partial charge in [-0.2, -0.15) is 5.26 Å². The molecule has 0 aliphatic carbocycles. The summed E-state index contributed by atoms with van der Waals surface area (Å²) in [7, 11) is 0. The predicted octanol–water partition coefficient (Wildman–Crippen LogP) is 5.53. The maximum Gasteiger partial charge on any atom is 0.348 e. The van der Waals surface area contributed by atoms with E-state index in [1.165, 1.54) is 16.0 Å². The summed E-state index contributed by atoms with van der Waals surface area (Å²) < 4.78 is 13.8. The SMILES string of the molecule is N#Cc1oc2ccccc2c1NC(=O)COC(=O)c1cc2sc3ccccc3c2s1. The minimum atomic E-state index is -0.555. The van der Waals surface area contributed by atoms with Crippen LogP contribution >= 0.6 is 22.7 Å². The highest BCUT2D eigenvalue weighted by Crippen LogP contribution is 2.39. The molecule has 30 heavy (non-hydrogen) atoms. The van der Waals surface area contributed by atoms with Gasteiger partial charge in [0.25, 0.3) is 5.91 Å². The molecule has 146 valence electrons.